The minimum atomic E-state index is -0.668. The standard InChI is InChI=1S/C48H64N2O5/c1-10-13-15-19-27-49-38-24-18-17-23-36(38)47(6,7)40(49)31-34-42(51)35(44(53)43(34)52)32-41-48(8,9)37-30-33(22-21-29-55-45(54)46(4,5)12-3)25-26-39(37)50(41)28-20-16-14-11-2/h17-18,23-26,30-32H,10-16,19-22,27-29H2,1-9H3/p+1. The van der Waals surface area contributed by atoms with E-state index in [1.54, 1.807) is 12.2 Å². The van der Waals surface area contributed by atoms with Crippen molar-refractivity contribution in [1.29, 1.82) is 0 Å². The maximum Gasteiger partial charge on any atom is 0.311 e. The zero-order valence-corrected chi connectivity index (χ0v) is 35.1. The fraction of sp³-hybridized carbons (Fsp3) is 0.542. The van der Waals surface area contributed by atoms with E-state index in [1.165, 1.54) is 5.56 Å². The Balaban J connectivity index is 1.50. The highest BCUT2D eigenvalue weighted by atomic mass is 16.5. The van der Waals surface area contributed by atoms with Gasteiger partial charge in [-0.3, -0.25) is 14.4 Å². The van der Waals surface area contributed by atoms with Crippen molar-refractivity contribution in [2.45, 2.75) is 144 Å². The molecule has 0 saturated heterocycles. The van der Waals surface area contributed by atoms with Crippen LogP contribution in [-0.4, -0.2) is 52.6 Å². The molecule has 7 nitrogen and oxygen atoms in total. The number of esters is 1. The Morgan fingerprint density at radius 3 is 2.22 bits per heavy atom. The number of benzene rings is 2. The Morgan fingerprint density at radius 1 is 0.836 bits per heavy atom. The quantitative estimate of drug-likeness (QED) is 0.0537. The number of unbranched alkanes of at least 4 members (excludes halogenated alkanes) is 6. The minimum absolute atomic E-state index is 0.0612. The van der Waals surface area contributed by atoms with Crippen molar-refractivity contribution in [1.82, 2.24) is 0 Å². The lowest BCUT2D eigenvalue weighted by molar-refractivity contribution is -0.438. The summed E-state index contributed by atoms with van der Waals surface area (Å²) in [5.41, 5.74) is 6.20. The average molecular weight is 750 g/mol. The SMILES string of the molecule is CCCCCCN1C(=CC2=C(O)C(=CC3=[N+](CCCCCC)c4ccccc4C3(C)C)C(=O)C2=O)C(C)(C)c2cc(CCCOC(=O)C(C)(C)CC)ccc21. The molecule has 2 aromatic carbocycles. The van der Waals surface area contributed by atoms with Crippen LogP contribution in [0.1, 0.15) is 143 Å². The highest BCUT2D eigenvalue weighted by Gasteiger charge is 2.47. The largest absolute Gasteiger partial charge is 0.506 e. The smallest absolute Gasteiger partial charge is 0.311 e. The molecule has 0 unspecified atom stereocenters. The van der Waals surface area contributed by atoms with Crippen molar-refractivity contribution in [3.8, 4) is 0 Å². The van der Waals surface area contributed by atoms with Gasteiger partial charge in [-0.05, 0) is 83.1 Å². The molecule has 0 amide bonds. The van der Waals surface area contributed by atoms with E-state index in [1.807, 2.05) is 32.9 Å². The number of hydrogen-bond acceptors (Lipinski definition) is 6. The number of anilines is 1. The van der Waals surface area contributed by atoms with E-state index in [4.69, 9.17) is 4.74 Å². The summed E-state index contributed by atoms with van der Waals surface area (Å²) in [4.78, 5) is 42.5. The number of nitrogens with zero attached hydrogens (tertiary/aromatic N) is 2. The van der Waals surface area contributed by atoms with Gasteiger partial charge in [-0.1, -0.05) is 97.1 Å². The molecule has 1 aliphatic carbocycles. The van der Waals surface area contributed by atoms with Crippen molar-refractivity contribution >= 4 is 34.6 Å². The van der Waals surface area contributed by atoms with Gasteiger partial charge < -0.3 is 14.7 Å². The van der Waals surface area contributed by atoms with Gasteiger partial charge in [-0.25, -0.2) is 0 Å². The molecule has 1 N–H and O–H groups in total. The van der Waals surface area contributed by atoms with Gasteiger partial charge in [0.2, 0.25) is 17.3 Å². The van der Waals surface area contributed by atoms with E-state index in [0.717, 1.165) is 118 Å². The van der Waals surface area contributed by atoms with Crippen molar-refractivity contribution in [2.24, 2.45) is 5.41 Å². The fourth-order valence-corrected chi connectivity index (χ4v) is 8.24. The number of hydrogen-bond donors (Lipinski definition) is 1. The number of fused-ring (bicyclic) bond motifs is 2. The summed E-state index contributed by atoms with van der Waals surface area (Å²) in [5.74, 6) is -1.74. The van der Waals surface area contributed by atoms with Crippen LogP contribution in [0.2, 0.25) is 0 Å². The Bertz CT molecular complexity index is 1920. The summed E-state index contributed by atoms with van der Waals surface area (Å²) in [6.45, 7) is 20.8. The molecule has 5 rings (SSSR count). The zero-order valence-electron chi connectivity index (χ0n) is 35.1. The third kappa shape index (κ3) is 8.46. The number of allylic oxidation sites excluding steroid dienone is 5. The first kappa shape index (κ1) is 41.9. The van der Waals surface area contributed by atoms with E-state index in [-0.39, 0.29) is 22.9 Å². The summed E-state index contributed by atoms with van der Waals surface area (Å²) < 4.78 is 7.89. The van der Waals surface area contributed by atoms with Crippen molar-refractivity contribution in [3.05, 3.63) is 93.9 Å². The van der Waals surface area contributed by atoms with Gasteiger partial charge in [0.1, 0.15) is 12.3 Å². The normalized spacial score (nSPS) is 19.0. The fourth-order valence-electron chi connectivity index (χ4n) is 8.24. The highest BCUT2D eigenvalue weighted by molar-refractivity contribution is 6.54. The number of aliphatic hydroxyl groups is 1. The van der Waals surface area contributed by atoms with Gasteiger partial charge in [-0.15, -0.1) is 0 Å². The lowest BCUT2D eigenvalue weighted by Gasteiger charge is -2.27. The molecule has 2 heterocycles. The summed E-state index contributed by atoms with van der Waals surface area (Å²) >= 11 is 0. The number of carbonyl (C=O) groups is 3. The first-order valence-corrected chi connectivity index (χ1v) is 20.9. The molecular formula is C48H65N2O5+. The van der Waals surface area contributed by atoms with E-state index in [0.29, 0.717) is 6.61 Å². The number of rotatable bonds is 18. The van der Waals surface area contributed by atoms with Crippen molar-refractivity contribution < 1.29 is 28.8 Å². The number of para-hydroxylation sites is 1. The molecule has 0 aromatic heterocycles. The number of Topliss-reactive ketones (excluding diaryl/α,β-unsaturated/α-hetero) is 2. The third-order valence-electron chi connectivity index (χ3n) is 12.3. The summed E-state index contributed by atoms with van der Waals surface area (Å²) in [6, 6.07) is 14.9. The Labute approximate surface area is 330 Å². The zero-order chi connectivity index (χ0) is 40.1. The topological polar surface area (TPSA) is 86.9 Å². The predicted molar refractivity (Wildman–Crippen MR) is 224 cm³/mol. The first-order chi connectivity index (χ1) is 26.1. The van der Waals surface area contributed by atoms with Crippen LogP contribution in [0.4, 0.5) is 11.4 Å². The molecule has 296 valence electrons. The average Bonchev–Trinajstić information content (AvgIpc) is 3.60. The summed E-state index contributed by atoms with van der Waals surface area (Å²) in [6.07, 6.45) is 14.5. The number of ketones is 2. The number of carbonyl (C=O) groups excluding carboxylic acids is 3. The monoisotopic (exact) mass is 749 g/mol. The van der Waals surface area contributed by atoms with Crippen LogP contribution in [0.5, 0.6) is 0 Å². The second-order valence-corrected chi connectivity index (χ2v) is 17.4. The molecule has 7 heteroatoms. The van der Waals surface area contributed by atoms with Crippen molar-refractivity contribution in [2.75, 3.05) is 24.6 Å². The molecule has 2 aliphatic heterocycles. The molecule has 55 heavy (non-hydrogen) atoms. The summed E-state index contributed by atoms with van der Waals surface area (Å²) in [7, 11) is 0. The van der Waals surface area contributed by atoms with Crippen LogP contribution in [0.3, 0.4) is 0 Å². The van der Waals surface area contributed by atoms with Gasteiger partial charge in [-0.2, -0.15) is 4.58 Å². The Morgan fingerprint density at radius 2 is 1.53 bits per heavy atom. The van der Waals surface area contributed by atoms with Crippen LogP contribution in [0, 0.1) is 5.41 Å². The van der Waals surface area contributed by atoms with Crippen LogP contribution in [0.25, 0.3) is 0 Å². The number of aliphatic hydroxyl groups excluding tert-OH is 1. The second kappa shape index (κ2) is 17.3. The molecule has 0 atom stereocenters. The summed E-state index contributed by atoms with van der Waals surface area (Å²) in [5, 5.41) is 11.9. The maximum atomic E-state index is 13.9. The van der Waals surface area contributed by atoms with E-state index >= 15 is 0 Å². The van der Waals surface area contributed by atoms with E-state index in [2.05, 4.69) is 81.3 Å². The van der Waals surface area contributed by atoms with Gasteiger partial charge >= 0.3 is 5.97 Å². The van der Waals surface area contributed by atoms with E-state index < -0.39 is 27.8 Å². The van der Waals surface area contributed by atoms with Crippen molar-refractivity contribution in [3.63, 3.8) is 0 Å². The predicted octanol–water partition coefficient (Wildman–Crippen LogP) is 10.7. The van der Waals surface area contributed by atoms with Crippen LogP contribution >= 0.6 is 0 Å². The Kier molecular flexibility index (Phi) is 13.1. The van der Waals surface area contributed by atoms with Crippen LogP contribution < -0.4 is 4.90 Å². The van der Waals surface area contributed by atoms with Gasteiger partial charge in [0.05, 0.1) is 28.6 Å². The Hall–Kier alpha value is -4.26. The molecule has 2 aromatic rings. The van der Waals surface area contributed by atoms with Crippen LogP contribution in [0.15, 0.2) is 77.2 Å². The highest BCUT2D eigenvalue weighted by Crippen LogP contribution is 2.49. The lowest BCUT2D eigenvalue weighted by atomic mass is 9.81. The van der Waals surface area contributed by atoms with Gasteiger partial charge in [0.25, 0.3) is 0 Å². The van der Waals surface area contributed by atoms with Gasteiger partial charge in [0, 0.05) is 47.5 Å². The maximum absolute atomic E-state index is 13.9. The molecule has 0 fully saturated rings. The molecule has 0 saturated carbocycles. The minimum Gasteiger partial charge on any atom is -0.506 e. The molecule has 0 bridgehead atoms. The van der Waals surface area contributed by atoms with Crippen LogP contribution in [-0.2, 0) is 36.4 Å². The molecule has 0 spiro atoms. The number of aryl methyl sites for hydroxylation is 1. The third-order valence-corrected chi connectivity index (χ3v) is 12.3. The molecule has 0 radical (unpaired) electrons. The number of ether oxygens (including phenoxy) is 1. The van der Waals surface area contributed by atoms with E-state index in [9.17, 15) is 19.5 Å². The molecule has 3 aliphatic rings. The first-order valence-electron chi connectivity index (χ1n) is 20.9. The second-order valence-electron chi connectivity index (χ2n) is 17.4. The lowest BCUT2D eigenvalue weighted by Crippen LogP contribution is -2.29. The van der Waals surface area contributed by atoms with Gasteiger partial charge in [0.15, 0.2) is 5.71 Å². The molecular weight excluding hydrogens is 685 g/mol.